The van der Waals surface area contributed by atoms with Crippen LogP contribution in [0.3, 0.4) is 0 Å². The van der Waals surface area contributed by atoms with E-state index >= 15 is 0 Å². The Morgan fingerprint density at radius 1 is 1.30 bits per heavy atom. The number of aromatic nitrogens is 1. The minimum absolute atomic E-state index is 0.0314. The van der Waals surface area contributed by atoms with Gasteiger partial charge in [-0.25, -0.2) is 0 Å². The third-order valence-corrected chi connectivity index (χ3v) is 3.34. The van der Waals surface area contributed by atoms with Gasteiger partial charge in [-0.05, 0) is 29.8 Å². The lowest BCUT2D eigenvalue weighted by Crippen LogP contribution is -2.23. The lowest BCUT2D eigenvalue weighted by atomic mass is 10.1. The van der Waals surface area contributed by atoms with Gasteiger partial charge in [0.15, 0.2) is 0 Å². The predicted octanol–water partition coefficient (Wildman–Crippen LogP) is 3.73. The second kappa shape index (κ2) is 5.70. The van der Waals surface area contributed by atoms with Crippen LogP contribution in [-0.2, 0) is 12.7 Å². The predicted molar refractivity (Wildman–Crippen MR) is 71.1 cm³/mol. The van der Waals surface area contributed by atoms with Gasteiger partial charge in [-0.15, -0.1) is 0 Å². The molecule has 2 aromatic rings. The molecule has 2 rings (SSSR count). The summed E-state index contributed by atoms with van der Waals surface area (Å²) in [6.07, 6.45) is -1.11. The molecule has 7 heteroatoms. The summed E-state index contributed by atoms with van der Waals surface area (Å²) in [5.41, 5.74) is -0.0608. The van der Waals surface area contributed by atoms with E-state index < -0.39 is 17.6 Å². The molecule has 2 N–H and O–H groups in total. The zero-order chi connectivity index (χ0) is 14.8. The summed E-state index contributed by atoms with van der Waals surface area (Å²) in [6.45, 7) is 0.250. The van der Waals surface area contributed by atoms with Gasteiger partial charge < -0.3 is 10.3 Å². The number of alkyl halides is 3. The molecule has 0 spiro atoms. The van der Waals surface area contributed by atoms with Crippen LogP contribution in [0.1, 0.15) is 21.5 Å². The van der Waals surface area contributed by atoms with Crippen molar-refractivity contribution >= 4 is 21.8 Å². The second-order valence-corrected chi connectivity index (χ2v) is 4.95. The summed E-state index contributed by atoms with van der Waals surface area (Å²) in [7, 11) is 0. The first-order valence-electron chi connectivity index (χ1n) is 5.64. The van der Waals surface area contributed by atoms with Gasteiger partial charge in [0, 0.05) is 29.0 Å². The molecule has 0 bridgehead atoms. The molecule has 0 aliphatic rings. The first kappa shape index (κ1) is 14.6. The maximum absolute atomic E-state index is 12.7. The fourth-order valence-electron chi connectivity index (χ4n) is 1.64. The number of aromatic amines is 1. The number of carbonyl (C=O) groups is 1. The summed E-state index contributed by atoms with van der Waals surface area (Å²) in [5.74, 6) is -0.552. The van der Waals surface area contributed by atoms with Gasteiger partial charge in [0.05, 0.1) is 5.56 Å². The molecule has 0 saturated heterocycles. The van der Waals surface area contributed by atoms with Crippen LogP contribution < -0.4 is 5.32 Å². The van der Waals surface area contributed by atoms with E-state index in [1.807, 2.05) is 0 Å². The summed E-state index contributed by atoms with van der Waals surface area (Å²) in [6, 6.07) is 5.15. The highest BCUT2D eigenvalue weighted by Gasteiger charge is 2.33. The first-order chi connectivity index (χ1) is 9.38. The molecule has 1 amide bonds. The lowest BCUT2D eigenvalue weighted by molar-refractivity contribution is -0.138. The second-order valence-electron chi connectivity index (χ2n) is 4.09. The van der Waals surface area contributed by atoms with Crippen LogP contribution in [0, 0.1) is 0 Å². The zero-order valence-corrected chi connectivity index (χ0v) is 11.7. The Balaban J connectivity index is 2.14. The third-order valence-electron chi connectivity index (χ3n) is 2.65. The van der Waals surface area contributed by atoms with E-state index in [9.17, 15) is 18.0 Å². The lowest BCUT2D eigenvalue weighted by Gasteiger charge is -2.11. The number of nitrogens with one attached hydrogen (secondary N) is 2. The molecular formula is C13H10BrF3N2O. The molecule has 1 heterocycles. The van der Waals surface area contributed by atoms with Crippen molar-refractivity contribution in [2.24, 2.45) is 0 Å². The quantitative estimate of drug-likeness (QED) is 0.873. The average molecular weight is 347 g/mol. The van der Waals surface area contributed by atoms with Crippen LogP contribution >= 0.6 is 15.9 Å². The van der Waals surface area contributed by atoms with E-state index in [2.05, 4.69) is 26.2 Å². The SMILES string of the molecule is O=C(NCc1cc[nH]c1)c1ccc(Br)c(C(F)(F)F)c1. The van der Waals surface area contributed by atoms with E-state index in [0.717, 1.165) is 11.6 Å². The molecule has 0 aliphatic heterocycles. The molecule has 106 valence electrons. The van der Waals surface area contributed by atoms with Gasteiger partial charge in [-0.2, -0.15) is 13.2 Å². The maximum atomic E-state index is 12.7. The maximum Gasteiger partial charge on any atom is 0.417 e. The van der Waals surface area contributed by atoms with Crippen LogP contribution in [0.5, 0.6) is 0 Å². The highest BCUT2D eigenvalue weighted by molar-refractivity contribution is 9.10. The number of amides is 1. The van der Waals surface area contributed by atoms with Crippen LogP contribution in [-0.4, -0.2) is 10.9 Å². The summed E-state index contributed by atoms with van der Waals surface area (Å²) >= 11 is 2.83. The molecule has 0 aliphatic carbocycles. The Kier molecular flexibility index (Phi) is 4.17. The molecule has 0 radical (unpaired) electrons. The number of H-pyrrole nitrogens is 1. The highest BCUT2D eigenvalue weighted by Crippen LogP contribution is 2.35. The molecule has 0 saturated carbocycles. The fourth-order valence-corrected chi connectivity index (χ4v) is 2.11. The summed E-state index contributed by atoms with van der Waals surface area (Å²) in [5, 5.41) is 2.56. The van der Waals surface area contributed by atoms with E-state index in [-0.39, 0.29) is 16.6 Å². The number of hydrogen-bond acceptors (Lipinski definition) is 1. The van der Waals surface area contributed by atoms with Gasteiger partial charge in [0.2, 0.25) is 0 Å². The van der Waals surface area contributed by atoms with Crippen LogP contribution in [0.15, 0.2) is 41.1 Å². The first-order valence-corrected chi connectivity index (χ1v) is 6.44. The summed E-state index contributed by atoms with van der Waals surface area (Å²) in [4.78, 5) is 14.6. The van der Waals surface area contributed by atoms with Crippen molar-refractivity contribution in [1.29, 1.82) is 0 Å². The monoisotopic (exact) mass is 346 g/mol. The molecule has 20 heavy (non-hydrogen) atoms. The number of halogens is 4. The molecule has 1 aromatic carbocycles. The van der Waals surface area contributed by atoms with E-state index in [0.29, 0.717) is 0 Å². The standard InChI is InChI=1S/C13H10BrF3N2O/c14-11-2-1-9(5-10(11)13(15,16)17)12(20)19-7-8-3-4-18-6-8/h1-6,18H,7H2,(H,19,20). The van der Waals surface area contributed by atoms with Gasteiger partial charge in [-0.1, -0.05) is 15.9 Å². The minimum Gasteiger partial charge on any atom is -0.367 e. The Bertz CT molecular complexity index is 609. The Morgan fingerprint density at radius 3 is 2.65 bits per heavy atom. The van der Waals surface area contributed by atoms with E-state index in [1.54, 1.807) is 18.5 Å². The topological polar surface area (TPSA) is 44.9 Å². The Morgan fingerprint density at radius 2 is 2.05 bits per heavy atom. The van der Waals surface area contributed by atoms with Crippen LogP contribution in [0.2, 0.25) is 0 Å². The van der Waals surface area contributed by atoms with Crippen molar-refractivity contribution in [3.8, 4) is 0 Å². The van der Waals surface area contributed by atoms with Crippen molar-refractivity contribution in [1.82, 2.24) is 10.3 Å². The van der Waals surface area contributed by atoms with Gasteiger partial charge in [-0.3, -0.25) is 4.79 Å². The zero-order valence-electron chi connectivity index (χ0n) is 10.1. The molecule has 3 nitrogen and oxygen atoms in total. The minimum atomic E-state index is -4.50. The van der Waals surface area contributed by atoms with Crippen molar-refractivity contribution < 1.29 is 18.0 Å². The van der Waals surface area contributed by atoms with Crippen molar-refractivity contribution in [3.05, 3.63) is 57.8 Å². The van der Waals surface area contributed by atoms with Gasteiger partial charge in [0.25, 0.3) is 5.91 Å². The molecular weight excluding hydrogens is 337 g/mol. The number of carbonyl (C=O) groups excluding carboxylic acids is 1. The Labute approximate surface area is 121 Å². The molecule has 1 aromatic heterocycles. The van der Waals surface area contributed by atoms with Crippen molar-refractivity contribution in [3.63, 3.8) is 0 Å². The average Bonchev–Trinajstić information content (AvgIpc) is 2.88. The molecule has 0 atom stereocenters. The van der Waals surface area contributed by atoms with E-state index in [4.69, 9.17) is 0 Å². The molecule has 0 unspecified atom stereocenters. The largest absolute Gasteiger partial charge is 0.417 e. The normalized spacial score (nSPS) is 11.4. The number of rotatable bonds is 3. The van der Waals surface area contributed by atoms with Crippen molar-refractivity contribution in [2.45, 2.75) is 12.7 Å². The van der Waals surface area contributed by atoms with E-state index in [1.165, 1.54) is 12.1 Å². The van der Waals surface area contributed by atoms with Crippen LogP contribution in [0.25, 0.3) is 0 Å². The highest BCUT2D eigenvalue weighted by atomic mass is 79.9. The van der Waals surface area contributed by atoms with Gasteiger partial charge in [0.1, 0.15) is 0 Å². The molecule has 0 fully saturated rings. The van der Waals surface area contributed by atoms with Gasteiger partial charge >= 0.3 is 6.18 Å². The van der Waals surface area contributed by atoms with Crippen molar-refractivity contribution in [2.75, 3.05) is 0 Å². The number of benzene rings is 1. The fraction of sp³-hybridized carbons (Fsp3) is 0.154. The smallest absolute Gasteiger partial charge is 0.367 e. The summed E-state index contributed by atoms with van der Waals surface area (Å²) < 4.78 is 38.1. The Hall–Kier alpha value is -1.76. The third kappa shape index (κ3) is 3.41. The van der Waals surface area contributed by atoms with Crippen LogP contribution in [0.4, 0.5) is 13.2 Å². The number of hydrogen-bond donors (Lipinski definition) is 2.